The summed E-state index contributed by atoms with van der Waals surface area (Å²) >= 11 is 1.36. The number of hydrogen-bond donors (Lipinski definition) is 3. The van der Waals surface area contributed by atoms with E-state index in [2.05, 4.69) is 15.6 Å². The van der Waals surface area contributed by atoms with Crippen LogP contribution < -0.4 is 16.4 Å². The highest BCUT2D eigenvalue weighted by molar-refractivity contribution is 7.09. The molecule has 4 amide bonds. The zero-order valence-electron chi connectivity index (χ0n) is 11.2. The predicted molar refractivity (Wildman–Crippen MR) is 74.5 cm³/mol. The summed E-state index contributed by atoms with van der Waals surface area (Å²) in [5.41, 5.74) is 5.01. The molecule has 3 rings (SSSR count). The summed E-state index contributed by atoms with van der Waals surface area (Å²) in [6, 6.07) is -0.466. The molecule has 0 bridgehead atoms. The van der Waals surface area contributed by atoms with E-state index in [1.54, 1.807) is 10.3 Å². The van der Waals surface area contributed by atoms with Crippen LogP contribution in [-0.4, -0.2) is 46.4 Å². The highest BCUT2D eigenvalue weighted by atomic mass is 32.1. The van der Waals surface area contributed by atoms with E-state index in [9.17, 15) is 14.4 Å². The summed E-state index contributed by atoms with van der Waals surface area (Å²) in [6.07, 6.45) is 0.814. The quantitative estimate of drug-likeness (QED) is 0.632. The van der Waals surface area contributed by atoms with Crippen LogP contribution in [-0.2, 0) is 11.3 Å². The van der Waals surface area contributed by atoms with E-state index in [1.165, 1.54) is 11.3 Å². The smallest absolute Gasteiger partial charge is 0.322 e. The first-order valence-corrected chi connectivity index (χ1v) is 7.49. The number of hydrogen-bond acceptors (Lipinski definition) is 6. The molecule has 0 unspecified atom stereocenters. The molecular formula is C12H15N5O3S. The van der Waals surface area contributed by atoms with Crippen LogP contribution in [0, 0.1) is 0 Å². The monoisotopic (exact) mass is 309 g/mol. The molecule has 0 aromatic carbocycles. The maximum atomic E-state index is 12.3. The van der Waals surface area contributed by atoms with Crippen molar-refractivity contribution in [3.05, 3.63) is 16.1 Å². The largest absolute Gasteiger partial charge is 0.337 e. The van der Waals surface area contributed by atoms with Crippen LogP contribution in [0.15, 0.2) is 5.38 Å². The minimum atomic E-state index is -0.863. The first-order chi connectivity index (χ1) is 10.0. The Morgan fingerprint density at radius 3 is 2.67 bits per heavy atom. The van der Waals surface area contributed by atoms with Crippen molar-refractivity contribution < 1.29 is 14.4 Å². The molecule has 0 radical (unpaired) electrons. The highest BCUT2D eigenvalue weighted by Gasteiger charge is 2.48. The van der Waals surface area contributed by atoms with Crippen molar-refractivity contribution >= 4 is 29.2 Å². The summed E-state index contributed by atoms with van der Waals surface area (Å²) < 4.78 is 0. The van der Waals surface area contributed by atoms with Gasteiger partial charge in [-0.2, -0.15) is 0 Å². The van der Waals surface area contributed by atoms with Crippen molar-refractivity contribution in [1.29, 1.82) is 0 Å². The van der Waals surface area contributed by atoms with E-state index < -0.39 is 11.6 Å². The van der Waals surface area contributed by atoms with Crippen LogP contribution in [0.3, 0.4) is 0 Å². The van der Waals surface area contributed by atoms with Crippen molar-refractivity contribution in [2.45, 2.75) is 24.9 Å². The summed E-state index contributed by atoms with van der Waals surface area (Å²) in [6.45, 7) is 1.12. The first kappa shape index (κ1) is 14.0. The Balaban J connectivity index is 1.67. The Morgan fingerprint density at radius 1 is 1.43 bits per heavy atom. The summed E-state index contributed by atoms with van der Waals surface area (Å²) in [4.78, 5) is 41.2. The number of nitrogens with two attached hydrogens (primary N) is 1. The lowest BCUT2D eigenvalue weighted by Crippen LogP contribution is -2.55. The van der Waals surface area contributed by atoms with Gasteiger partial charge in [0.2, 0.25) is 0 Å². The van der Waals surface area contributed by atoms with Crippen LogP contribution in [0.1, 0.15) is 28.3 Å². The molecule has 1 spiro atoms. The average Bonchev–Trinajstić information content (AvgIpc) is 3.05. The third-order valence-electron chi connectivity index (χ3n) is 3.86. The second-order valence-electron chi connectivity index (χ2n) is 5.11. The van der Waals surface area contributed by atoms with E-state index in [-0.39, 0.29) is 11.8 Å². The van der Waals surface area contributed by atoms with Gasteiger partial charge in [0, 0.05) is 25.0 Å². The molecule has 2 saturated heterocycles. The van der Waals surface area contributed by atoms with Crippen molar-refractivity contribution in [1.82, 2.24) is 20.5 Å². The number of carbonyl (C=O) groups excluding carboxylic acids is 3. The van der Waals surface area contributed by atoms with Crippen LogP contribution in [0.5, 0.6) is 0 Å². The van der Waals surface area contributed by atoms with Crippen LogP contribution in [0.25, 0.3) is 0 Å². The topological polar surface area (TPSA) is 117 Å². The number of urea groups is 1. The van der Waals surface area contributed by atoms with Gasteiger partial charge in [-0.25, -0.2) is 9.78 Å². The lowest BCUT2D eigenvalue weighted by Gasteiger charge is -2.36. The minimum Gasteiger partial charge on any atom is -0.337 e. The third kappa shape index (κ3) is 2.38. The molecule has 4 N–H and O–H groups in total. The van der Waals surface area contributed by atoms with E-state index in [0.717, 1.165) is 0 Å². The molecule has 8 nitrogen and oxygen atoms in total. The minimum absolute atomic E-state index is 0.162. The molecule has 1 aromatic heterocycles. The first-order valence-electron chi connectivity index (χ1n) is 6.61. The molecule has 0 saturated carbocycles. The number of likely N-dealkylation sites (tertiary alicyclic amines) is 1. The van der Waals surface area contributed by atoms with Gasteiger partial charge in [0.25, 0.3) is 11.8 Å². The van der Waals surface area contributed by atoms with Gasteiger partial charge < -0.3 is 16.0 Å². The molecule has 2 fully saturated rings. The second kappa shape index (κ2) is 5.08. The summed E-state index contributed by atoms with van der Waals surface area (Å²) in [5.74, 6) is -0.468. The van der Waals surface area contributed by atoms with Crippen LogP contribution >= 0.6 is 11.3 Å². The summed E-state index contributed by atoms with van der Waals surface area (Å²) in [7, 11) is 0. The second-order valence-corrected chi connectivity index (χ2v) is 6.06. The van der Waals surface area contributed by atoms with E-state index in [0.29, 0.717) is 43.2 Å². The van der Waals surface area contributed by atoms with Gasteiger partial charge in [-0.05, 0) is 12.8 Å². The molecule has 0 atom stereocenters. The lowest BCUT2D eigenvalue weighted by atomic mass is 9.87. The van der Waals surface area contributed by atoms with Crippen LogP contribution in [0.2, 0.25) is 0 Å². The van der Waals surface area contributed by atoms with E-state index in [4.69, 9.17) is 5.73 Å². The maximum Gasteiger partial charge on any atom is 0.322 e. The number of thiazole rings is 1. The number of nitrogens with zero attached hydrogens (tertiary/aromatic N) is 2. The fourth-order valence-electron chi connectivity index (χ4n) is 2.64. The van der Waals surface area contributed by atoms with Gasteiger partial charge >= 0.3 is 6.03 Å². The molecule has 0 aliphatic carbocycles. The number of rotatable bonds is 2. The Bertz CT molecular complexity index is 606. The zero-order valence-corrected chi connectivity index (χ0v) is 12.0. The normalized spacial score (nSPS) is 20.5. The number of carbonyl (C=O) groups is 3. The fourth-order valence-corrected chi connectivity index (χ4v) is 3.29. The van der Waals surface area contributed by atoms with Crippen LogP contribution in [0.4, 0.5) is 4.79 Å². The van der Waals surface area contributed by atoms with Gasteiger partial charge in [0.1, 0.15) is 16.2 Å². The van der Waals surface area contributed by atoms with Gasteiger partial charge in [-0.15, -0.1) is 11.3 Å². The molecule has 2 aliphatic heterocycles. The molecule has 3 heterocycles. The molecule has 21 heavy (non-hydrogen) atoms. The van der Waals surface area contributed by atoms with E-state index >= 15 is 0 Å². The molecule has 2 aliphatic rings. The molecule has 9 heteroatoms. The lowest BCUT2D eigenvalue weighted by molar-refractivity contribution is -0.125. The number of imide groups is 1. The van der Waals surface area contributed by atoms with Gasteiger partial charge in [0.15, 0.2) is 0 Å². The van der Waals surface area contributed by atoms with Crippen molar-refractivity contribution in [2.75, 3.05) is 13.1 Å². The Kier molecular flexibility index (Phi) is 3.38. The SMILES string of the molecule is NCc1nc(C(=O)N2CCC3(CC2)NC(=O)NC3=O)cs1. The van der Waals surface area contributed by atoms with Gasteiger partial charge in [-0.3, -0.25) is 14.9 Å². The predicted octanol–water partition coefficient (Wildman–Crippen LogP) is -0.584. The van der Waals surface area contributed by atoms with E-state index in [1.807, 2.05) is 0 Å². The standard InChI is InChI=1S/C12H15N5O3S/c13-5-8-14-7(6-21-8)9(18)17-3-1-12(2-4-17)10(19)15-11(20)16-12/h6H,1-5,13H2,(H2,15,16,19,20). The van der Waals surface area contributed by atoms with Crippen molar-refractivity contribution in [3.8, 4) is 0 Å². The molecule has 1 aromatic rings. The van der Waals surface area contributed by atoms with Crippen molar-refractivity contribution in [3.63, 3.8) is 0 Å². The maximum absolute atomic E-state index is 12.3. The molecule has 112 valence electrons. The molecular weight excluding hydrogens is 294 g/mol. The average molecular weight is 309 g/mol. The fraction of sp³-hybridized carbons (Fsp3) is 0.500. The Hall–Kier alpha value is -2.00. The Morgan fingerprint density at radius 2 is 2.14 bits per heavy atom. The third-order valence-corrected chi connectivity index (χ3v) is 4.74. The number of amides is 4. The van der Waals surface area contributed by atoms with Gasteiger partial charge in [0.05, 0.1) is 0 Å². The summed E-state index contributed by atoms with van der Waals surface area (Å²) in [5, 5.41) is 7.32. The number of nitrogens with one attached hydrogen (secondary N) is 2. The zero-order chi connectivity index (χ0) is 15.0. The van der Waals surface area contributed by atoms with Crippen molar-refractivity contribution in [2.24, 2.45) is 5.73 Å². The Labute approximate surface area is 124 Å². The highest BCUT2D eigenvalue weighted by Crippen LogP contribution is 2.26. The van der Waals surface area contributed by atoms with Gasteiger partial charge in [-0.1, -0.05) is 0 Å². The number of piperidine rings is 1. The number of aromatic nitrogens is 1.